The van der Waals surface area contributed by atoms with Crippen LogP contribution in [0.25, 0.3) is 11.0 Å². The summed E-state index contributed by atoms with van der Waals surface area (Å²) in [5.41, 5.74) is 0.813. The summed E-state index contributed by atoms with van der Waals surface area (Å²) in [7, 11) is 0. The highest BCUT2D eigenvalue weighted by Gasteiger charge is 2.18. The van der Waals surface area contributed by atoms with E-state index in [-0.39, 0.29) is 5.56 Å². The molecule has 21 heavy (non-hydrogen) atoms. The van der Waals surface area contributed by atoms with Gasteiger partial charge in [0.05, 0.1) is 0 Å². The van der Waals surface area contributed by atoms with Crippen molar-refractivity contribution in [2.24, 2.45) is 0 Å². The molecule has 1 aromatic heterocycles. The van der Waals surface area contributed by atoms with Crippen molar-refractivity contribution in [3.05, 3.63) is 45.8 Å². The Morgan fingerprint density at radius 1 is 1.14 bits per heavy atom. The molecule has 0 aliphatic carbocycles. The molecule has 1 heterocycles. The number of aryl methyl sites for hydroxylation is 1. The van der Waals surface area contributed by atoms with Crippen LogP contribution in [0.3, 0.4) is 0 Å². The Bertz CT molecular complexity index is 688. The first-order valence-corrected chi connectivity index (χ1v) is 7.88. The summed E-state index contributed by atoms with van der Waals surface area (Å²) in [6.45, 7) is 2.17. The smallest absolute Gasteiger partial charge is 0.348 e. The summed E-state index contributed by atoms with van der Waals surface area (Å²) in [6.07, 6.45) is 6.36. The zero-order valence-electron chi connectivity index (χ0n) is 12.2. The third-order valence-corrected chi connectivity index (χ3v) is 3.89. The fraction of sp³-hybridized carbons (Fsp3) is 0.412. The number of para-hydroxylation sites is 1. The van der Waals surface area contributed by atoms with Gasteiger partial charge in [-0.15, -0.1) is 12.6 Å². The molecule has 3 nitrogen and oxygen atoms in total. The summed E-state index contributed by atoms with van der Waals surface area (Å²) in [6, 6.07) is 7.35. The van der Waals surface area contributed by atoms with Crippen LogP contribution in [-0.2, 0) is 6.42 Å². The molecule has 112 valence electrons. The van der Waals surface area contributed by atoms with Gasteiger partial charge in [0.1, 0.15) is 11.1 Å². The fourth-order valence-electron chi connectivity index (χ4n) is 2.60. The molecule has 2 aromatic rings. The van der Waals surface area contributed by atoms with Gasteiger partial charge in [-0.2, -0.15) is 0 Å². The normalized spacial score (nSPS) is 11.0. The zero-order valence-corrected chi connectivity index (χ0v) is 13.1. The summed E-state index contributed by atoms with van der Waals surface area (Å²) in [5, 5.41) is 0.322. The maximum absolute atomic E-state index is 12.0. The summed E-state index contributed by atoms with van der Waals surface area (Å²) in [5.74, 6) is 0. The molecule has 4 heteroatoms. The van der Waals surface area contributed by atoms with Gasteiger partial charge in [-0.1, -0.05) is 50.8 Å². The van der Waals surface area contributed by atoms with E-state index in [9.17, 15) is 9.59 Å². The Morgan fingerprint density at radius 2 is 1.86 bits per heavy atom. The number of carbonyl (C=O) groups is 1. The molecular formula is C17H20O3S. The second-order valence-electron chi connectivity index (χ2n) is 5.21. The number of rotatable bonds is 7. The molecule has 0 unspecified atom stereocenters. The standard InChI is InChI=1S/C17H20O3S/c1-2-3-4-5-6-10-13-12-9-7-8-11-14(12)20-16(18)15(13)17(19)21/h7-9,11H,2-6,10H2,1H3,(H,19,21). The lowest BCUT2D eigenvalue weighted by atomic mass is 9.98. The highest BCUT2D eigenvalue weighted by molar-refractivity contribution is 7.97. The minimum atomic E-state index is -0.586. The van der Waals surface area contributed by atoms with Crippen molar-refractivity contribution in [1.82, 2.24) is 0 Å². The van der Waals surface area contributed by atoms with Crippen molar-refractivity contribution in [3.8, 4) is 0 Å². The number of fused-ring (bicyclic) bond motifs is 1. The second kappa shape index (κ2) is 7.46. The van der Waals surface area contributed by atoms with Gasteiger partial charge in [0.15, 0.2) is 0 Å². The molecule has 0 saturated carbocycles. The molecule has 0 aliphatic heterocycles. The van der Waals surface area contributed by atoms with E-state index >= 15 is 0 Å². The minimum Gasteiger partial charge on any atom is -0.422 e. The highest BCUT2D eigenvalue weighted by atomic mass is 32.1. The average molecular weight is 304 g/mol. The van der Waals surface area contributed by atoms with Gasteiger partial charge in [0.25, 0.3) is 0 Å². The molecule has 0 spiro atoms. The van der Waals surface area contributed by atoms with Crippen LogP contribution in [0, 0.1) is 0 Å². The summed E-state index contributed by atoms with van der Waals surface area (Å²) in [4.78, 5) is 23.7. The number of benzene rings is 1. The molecular weight excluding hydrogens is 284 g/mol. The first-order valence-electron chi connectivity index (χ1n) is 7.43. The molecule has 0 N–H and O–H groups in total. The largest absolute Gasteiger partial charge is 0.422 e. The average Bonchev–Trinajstić information content (AvgIpc) is 2.46. The number of hydrogen-bond acceptors (Lipinski definition) is 3. The Kier molecular flexibility index (Phi) is 5.62. The summed E-state index contributed by atoms with van der Waals surface area (Å²) < 4.78 is 5.21. The quantitative estimate of drug-likeness (QED) is 0.469. The van der Waals surface area contributed by atoms with E-state index in [1.165, 1.54) is 19.3 Å². The van der Waals surface area contributed by atoms with Crippen molar-refractivity contribution < 1.29 is 9.21 Å². The Morgan fingerprint density at radius 3 is 2.57 bits per heavy atom. The molecule has 0 atom stereocenters. The van der Waals surface area contributed by atoms with E-state index in [2.05, 4.69) is 19.6 Å². The number of unbranched alkanes of at least 4 members (excludes halogenated alkanes) is 4. The van der Waals surface area contributed by atoms with Crippen LogP contribution in [0.1, 0.15) is 54.9 Å². The Labute approximate surface area is 129 Å². The van der Waals surface area contributed by atoms with Gasteiger partial charge in [0.2, 0.25) is 5.12 Å². The van der Waals surface area contributed by atoms with E-state index in [1.807, 2.05) is 18.2 Å². The predicted octanol–water partition coefficient (Wildman–Crippen LogP) is 4.38. The molecule has 0 fully saturated rings. The number of thiol groups is 1. The molecule has 0 aliphatic rings. The molecule has 0 bridgehead atoms. The van der Waals surface area contributed by atoms with Gasteiger partial charge in [-0.25, -0.2) is 4.79 Å². The molecule has 1 aromatic carbocycles. The van der Waals surface area contributed by atoms with Crippen LogP contribution in [-0.4, -0.2) is 5.12 Å². The van der Waals surface area contributed by atoms with Crippen LogP contribution in [0.15, 0.2) is 33.5 Å². The fourth-order valence-corrected chi connectivity index (χ4v) is 2.82. The van der Waals surface area contributed by atoms with Gasteiger partial charge in [-0.3, -0.25) is 4.79 Å². The maximum Gasteiger partial charge on any atom is 0.348 e. The molecule has 0 saturated heterocycles. The van der Waals surface area contributed by atoms with Gasteiger partial charge in [-0.05, 0) is 24.5 Å². The SMILES string of the molecule is CCCCCCCc1c(C(=O)S)c(=O)oc2ccccc12. The van der Waals surface area contributed by atoms with Gasteiger partial charge in [0, 0.05) is 5.39 Å². The van der Waals surface area contributed by atoms with E-state index in [0.29, 0.717) is 12.0 Å². The maximum atomic E-state index is 12.0. The van der Waals surface area contributed by atoms with E-state index in [4.69, 9.17) is 4.42 Å². The van der Waals surface area contributed by atoms with Crippen LogP contribution >= 0.6 is 12.6 Å². The zero-order chi connectivity index (χ0) is 15.2. The highest BCUT2D eigenvalue weighted by Crippen LogP contribution is 2.23. The van der Waals surface area contributed by atoms with Crippen molar-refractivity contribution in [1.29, 1.82) is 0 Å². The first-order chi connectivity index (χ1) is 10.1. The monoisotopic (exact) mass is 304 g/mol. The Balaban J connectivity index is 2.36. The third-order valence-electron chi connectivity index (χ3n) is 3.66. The molecule has 0 radical (unpaired) electrons. The van der Waals surface area contributed by atoms with E-state index in [1.54, 1.807) is 6.07 Å². The van der Waals surface area contributed by atoms with Gasteiger partial charge >= 0.3 is 5.63 Å². The molecule has 2 rings (SSSR count). The van der Waals surface area contributed by atoms with E-state index < -0.39 is 10.7 Å². The number of hydrogen-bond donors (Lipinski definition) is 1. The van der Waals surface area contributed by atoms with Crippen LogP contribution in [0.4, 0.5) is 0 Å². The first kappa shape index (κ1) is 15.8. The lowest BCUT2D eigenvalue weighted by Crippen LogP contribution is -2.15. The number of carbonyl (C=O) groups excluding carboxylic acids is 1. The predicted molar refractivity (Wildman–Crippen MR) is 88.3 cm³/mol. The lowest BCUT2D eigenvalue weighted by Gasteiger charge is -2.09. The second-order valence-corrected chi connectivity index (χ2v) is 5.61. The van der Waals surface area contributed by atoms with Crippen molar-refractivity contribution in [2.75, 3.05) is 0 Å². The van der Waals surface area contributed by atoms with Crippen molar-refractivity contribution in [2.45, 2.75) is 45.4 Å². The molecule has 0 amide bonds. The van der Waals surface area contributed by atoms with Crippen LogP contribution in [0.2, 0.25) is 0 Å². The van der Waals surface area contributed by atoms with Crippen LogP contribution < -0.4 is 5.63 Å². The third kappa shape index (κ3) is 3.76. The van der Waals surface area contributed by atoms with Gasteiger partial charge < -0.3 is 4.42 Å². The summed E-state index contributed by atoms with van der Waals surface area (Å²) >= 11 is 3.83. The van der Waals surface area contributed by atoms with E-state index in [0.717, 1.165) is 23.8 Å². The minimum absolute atomic E-state index is 0.0903. The topological polar surface area (TPSA) is 47.3 Å². The lowest BCUT2D eigenvalue weighted by molar-refractivity contribution is 0.108. The van der Waals surface area contributed by atoms with Crippen LogP contribution in [0.5, 0.6) is 0 Å². The van der Waals surface area contributed by atoms with Crippen molar-refractivity contribution in [3.63, 3.8) is 0 Å². The Hall–Kier alpha value is -1.55. The van der Waals surface area contributed by atoms with Crippen molar-refractivity contribution >= 4 is 28.7 Å².